The van der Waals surface area contributed by atoms with E-state index in [1.54, 1.807) is 22.7 Å². The fraction of sp³-hybridized carbons (Fsp3) is 0.133. The van der Waals surface area contributed by atoms with Crippen LogP contribution in [0.15, 0.2) is 41.5 Å². The van der Waals surface area contributed by atoms with E-state index in [0.717, 1.165) is 11.3 Å². The average Bonchev–Trinajstić information content (AvgIpc) is 2.89. The van der Waals surface area contributed by atoms with Gasteiger partial charge in [-0.2, -0.15) is 0 Å². The number of aromatic nitrogens is 2. The molecule has 0 aliphatic carbocycles. The Bertz CT molecular complexity index is 867. The molecule has 0 saturated carbocycles. The maximum Gasteiger partial charge on any atom is 0.183 e. The minimum Gasteiger partial charge on any atom is -0.495 e. The molecule has 0 atom stereocenters. The van der Waals surface area contributed by atoms with E-state index in [2.05, 4.69) is 4.98 Å². The molecule has 1 aromatic carbocycles. The van der Waals surface area contributed by atoms with E-state index in [9.17, 15) is 9.90 Å². The van der Waals surface area contributed by atoms with Crippen LogP contribution >= 0.6 is 11.6 Å². The Morgan fingerprint density at radius 3 is 2.90 bits per heavy atom. The lowest BCUT2D eigenvalue weighted by Crippen LogP contribution is -1.97. The van der Waals surface area contributed by atoms with Crippen LogP contribution in [0.25, 0.3) is 16.9 Å². The highest BCUT2D eigenvalue weighted by Crippen LogP contribution is 2.33. The summed E-state index contributed by atoms with van der Waals surface area (Å²) in [6, 6.07) is 6.42. The number of benzene rings is 1. The number of nitrogens with zero attached hydrogens (tertiary/aromatic N) is 1. The molecule has 6 heteroatoms. The summed E-state index contributed by atoms with van der Waals surface area (Å²) in [5.74, 6) is 0.509. The van der Waals surface area contributed by atoms with Crippen molar-refractivity contribution in [1.29, 1.82) is 0 Å². The minimum atomic E-state index is -0.143. The van der Waals surface area contributed by atoms with Gasteiger partial charge in [0.25, 0.3) is 0 Å². The van der Waals surface area contributed by atoms with Gasteiger partial charge in [0.05, 0.1) is 24.4 Å². The highest BCUT2D eigenvalue weighted by atomic mass is 35.5. The number of aliphatic hydroxyl groups is 1. The van der Waals surface area contributed by atoms with E-state index in [1.165, 1.54) is 19.2 Å². The van der Waals surface area contributed by atoms with Crippen molar-refractivity contribution in [3.63, 3.8) is 0 Å². The Balaban J connectivity index is 2.21. The van der Waals surface area contributed by atoms with Gasteiger partial charge < -0.3 is 19.2 Å². The summed E-state index contributed by atoms with van der Waals surface area (Å²) >= 11 is 6.15. The molecule has 0 unspecified atom stereocenters. The van der Waals surface area contributed by atoms with Gasteiger partial charge in [0.1, 0.15) is 11.4 Å². The molecule has 0 radical (unpaired) electrons. The monoisotopic (exact) mass is 304 g/mol. The molecule has 0 aliphatic rings. The van der Waals surface area contributed by atoms with E-state index >= 15 is 0 Å². The van der Waals surface area contributed by atoms with E-state index in [0.29, 0.717) is 22.0 Å². The SMILES string of the molecule is COc1cc(CO)c(-c2cn3ccc(=O)cc3[nH]2)cc1Cl. The molecule has 0 fully saturated rings. The Morgan fingerprint density at radius 2 is 2.19 bits per heavy atom. The number of nitrogens with one attached hydrogen (secondary N) is 1. The first kappa shape index (κ1) is 13.7. The molecule has 0 amide bonds. The Kier molecular flexibility index (Phi) is 3.45. The normalized spacial score (nSPS) is 11.0. The van der Waals surface area contributed by atoms with Crippen molar-refractivity contribution in [3.05, 3.63) is 57.5 Å². The van der Waals surface area contributed by atoms with Crippen molar-refractivity contribution in [2.24, 2.45) is 0 Å². The lowest BCUT2D eigenvalue weighted by molar-refractivity contribution is 0.281. The van der Waals surface area contributed by atoms with Crippen LogP contribution in [0, 0.1) is 0 Å². The smallest absolute Gasteiger partial charge is 0.183 e. The van der Waals surface area contributed by atoms with Crippen molar-refractivity contribution in [3.8, 4) is 17.0 Å². The molecule has 0 saturated heterocycles. The minimum absolute atomic E-state index is 0.0708. The Morgan fingerprint density at radius 1 is 1.38 bits per heavy atom. The van der Waals surface area contributed by atoms with Crippen LogP contribution in [0.2, 0.25) is 5.02 Å². The number of hydrogen-bond donors (Lipinski definition) is 2. The number of H-pyrrole nitrogens is 1. The van der Waals surface area contributed by atoms with Crippen molar-refractivity contribution in [2.45, 2.75) is 6.61 Å². The molecule has 5 nitrogen and oxygen atoms in total. The van der Waals surface area contributed by atoms with Crippen LogP contribution in [0.1, 0.15) is 5.56 Å². The second kappa shape index (κ2) is 5.27. The third-order valence-electron chi connectivity index (χ3n) is 3.33. The van der Waals surface area contributed by atoms with Gasteiger partial charge in [-0.25, -0.2) is 0 Å². The highest BCUT2D eigenvalue weighted by molar-refractivity contribution is 6.32. The Hall–Kier alpha value is -2.24. The number of fused-ring (bicyclic) bond motifs is 1. The molecule has 2 aromatic heterocycles. The van der Waals surface area contributed by atoms with Crippen molar-refractivity contribution in [1.82, 2.24) is 9.38 Å². The van der Waals surface area contributed by atoms with Crippen molar-refractivity contribution < 1.29 is 9.84 Å². The molecule has 0 bridgehead atoms. The summed E-state index contributed by atoms with van der Waals surface area (Å²) < 4.78 is 6.95. The van der Waals surface area contributed by atoms with Gasteiger partial charge >= 0.3 is 0 Å². The topological polar surface area (TPSA) is 66.7 Å². The molecule has 3 rings (SSSR count). The van der Waals surface area contributed by atoms with Crippen LogP contribution in [0.3, 0.4) is 0 Å². The number of aromatic amines is 1. The largest absolute Gasteiger partial charge is 0.495 e. The number of ether oxygens (including phenoxy) is 1. The van der Waals surface area contributed by atoms with E-state index in [-0.39, 0.29) is 12.0 Å². The second-order valence-corrected chi connectivity index (χ2v) is 5.03. The first-order valence-corrected chi connectivity index (χ1v) is 6.69. The van der Waals surface area contributed by atoms with Crippen LogP contribution in [-0.2, 0) is 6.61 Å². The predicted molar refractivity (Wildman–Crippen MR) is 80.9 cm³/mol. The lowest BCUT2D eigenvalue weighted by atomic mass is 10.1. The summed E-state index contributed by atoms with van der Waals surface area (Å²) in [6.07, 6.45) is 3.52. The van der Waals surface area contributed by atoms with Gasteiger partial charge in [-0.15, -0.1) is 0 Å². The van der Waals surface area contributed by atoms with E-state index < -0.39 is 0 Å². The summed E-state index contributed by atoms with van der Waals surface area (Å²) in [6.45, 7) is -0.143. The van der Waals surface area contributed by atoms with Gasteiger partial charge in [0.2, 0.25) is 0 Å². The third-order valence-corrected chi connectivity index (χ3v) is 3.62. The second-order valence-electron chi connectivity index (χ2n) is 4.62. The van der Waals surface area contributed by atoms with Crippen LogP contribution < -0.4 is 10.2 Å². The lowest BCUT2D eigenvalue weighted by Gasteiger charge is -2.10. The van der Waals surface area contributed by atoms with Gasteiger partial charge in [0, 0.05) is 30.1 Å². The zero-order valence-electron chi connectivity index (χ0n) is 11.3. The zero-order valence-corrected chi connectivity index (χ0v) is 12.0. The zero-order chi connectivity index (χ0) is 15.0. The number of rotatable bonds is 3. The van der Waals surface area contributed by atoms with Crippen molar-refractivity contribution in [2.75, 3.05) is 7.11 Å². The Labute approximate surface area is 125 Å². The summed E-state index contributed by atoms with van der Waals surface area (Å²) in [4.78, 5) is 14.5. The summed E-state index contributed by atoms with van der Waals surface area (Å²) in [5, 5.41) is 10.00. The number of methoxy groups -OCH3 is 1. The molecule has 2 heterocycles. The number of imidazole rings is 1. The standard InChI is InChI=1S/C15H13ClN2O3/c1-21-14-4-9(8-19)11(6-12(14)16)13-7-18-3-2-10(20)5-15(18)17-13/h2-7,17,19H,8H2,1H3. The van der Waals surface area contributed by atoms with Gasteiger partial charge in [-0.05, 0) is 17.7 Å². The number of aliphatic hydroxyl groups excluding tert-OH is 1. The molecular weight excluding hydrogens is 292 g/mol. The van der Waals surface area contributed by atoms with Crippen molar-refractivity contribution >= 4 is 17.2 Å². The van der Waals surface area contributed by atoms with E-state index in [1.807, 2.05) is 6.20 Å². The first-order chi connectivity index (χ1) is 10.1. The first-order valence-electron chi connectivity index (χ1n) is 6.31. The molecule has 0 aliphatic heterocycles. The van der Waals surface area contributed by atoms with Gasteiger partial charge in [-0.1, -0.05) is 11.6 Å². The fourth-order valence-corrected chi connectivity index (χ4v) is 2.53. The van der Waals surface area contributed by atoms with Crippen LogP contribution in [0.5, 0.6) is 5.75 Å². The number of hydrogen-bond acceptors (Lipinski definition) is 3. The molecule has 21 heavy (non-hydrogen) atoms. The number of halogens is 1. The molecule has 108 valence electrons. The maximum absolute atomic E-state index is 11.4. The molecule has 0 spiro atoms. The summed E-state index contributed by atoms with van der Waals surface area (Å²) in [7, 11) is 1.52. The van der Waals surface area contributed by atoms with Crippen LogP contribution in [-0.4, -0.2) is 21.6 Å². The average molecular weight is 305 g/mol. The number of pyridine rings is 1. The quantitative estimate of drug-likeness (QED) is 0.781. The highest BCUT2D eigenvalue weighted by Gasteiger charge is 2.12. The predicted octanol–water partition coefficient (Wildman–Crippen LogP) is 2.45. The summed E-state index contributed by atoms with van der Waals surface area (Å²) in [5.41, 5.74) is 2.81. The molecule has 2 N–H and O–H groups in total. The molecule has 3 aromatic rings. The third kappa shape index (κ3) is 2.41. The van der Waals surface area contributed by atoms with Crippen LogP contribution in [0.4, 0.5) is 0 Å². The molecular formula is C15H13ClN2O3. The van der Waals surface area contributed by atoms with Gasteiger partial charge in [-0.3, -0.25) is 4.79 Å². The maximum atomic E-state index is 11.4. The van der Waals surface area contributed by atoms with Gasteiger partial charge in [0.15, 0.2) is 5.43 Å². The van der Waals surface area contributed by atoms with E-state index in [4.69, 9.17) is 16.3 Å². The fourth-order valence-electron chi connectivity index (χ4n) is 2.28.